The highest BCUT2D eigenvalue weighted by atomic mass is 35.5. The first-order valence-corrected chi connectivity index (χ1v) is 13.3. The van der Waals surface area contributed by atoms with E-state index in [1.807, 2.05) is 4.90 Å². The molecule has 5 rings (SSSR count). The maximum Gasteiger partial charge on any atom is 0.282 e. The van der Waals surface area contributed by atoms with Crippen LogP contribution in [0, 0.1) is 11.8 Å². The van der Waals surface area contributed by atoms with Crippen LogP contribution in [0.4, 0.5) is 8.78 Å². The lowest BCUT2D eigenvalue weighted by atomic mass is 9.88. The number of benzene rings is 1. The van der Waals surface area contributed by atoms with E-state index < -0.39 is 12.5 Å². The highest BCUT2D eigenvalue weighted by Gasteiger charge is 2.41. The van der Waals surface area contributed by atoms with Crippen molar-refractivity contribution in [2.45, 2.75) is 64.5 Å². The molecule has 2 fully saturated rings. The van der Waals surface area contributed by atoms with Crippen molar-refractivity contribution < 1.29 is 23.1 Å². The van der Waals surface area contributed by atoms with Crippen molar-refractivity contribution in [1.29, 1.82) is 0 Å². The number of hydrogen-bond donors (Lipinski definition) is 0. The number of halogens is 3. The number of aryl methyl sites for hydroxylation is 1. The third-order valence-electron chi connectivity index (χ3n) is 8.11. The van der Waals surface area contributed by atoms with E-state index in [0.717, 1.165) is 41.5 Å². The molecule has 0 bridgehead atoms. The molecular formula is C26H32ClF2N5O3. The van der Waals surface area contributed by atoms with Crippen LogP contribution in [-0.4, -0.2) is 56.2 Å². The van der Waals surface area contributed by atoms with Gasteiger partial charge in [0.1, 0.15) is 23.7 Å². The Morgan fingerprint density at radius 3 is 2.70 bits per heavy atom. The molecule has 1 saturated heterocycles. The summed E-state index contributed by atoms with van der Waals surface area (Å²) < 4.78 is 34.3. The van der Waals surface area contributed by atoms with Gasteiger partial charge in [-0.15, -0.1) is 5.10 Å². The average Bonchev–Trinajstić information content (AvgIpc) is 3.58. The largest absolute Gasteiger partial charge is 0.487 e. The van der Waals surface area contributed by atoms with Crippen molar-refractivity contribution >= 4 is 23.4 Å². The Balaban J connectivity index is 1.51. The zero-order chi connectivity index (χ0) is 26.3. The fourth-order valence-corrected chi connectivity index (χ4v) is 6.37. The highest BCUT2D eigenvalue weighted by Crippen LogP contribution is 2.43. The third kappa shape index (κ3) is 4.92. The second-order valence-corrected chi connectivity index (χ2v) is 10.7. The summed E-state index contributed by atoms with van der Waals surface area (Å²) in [6.07, 6.45) is 2.01. The lowest BCUT2D eigenvalue weighted by Crippen LogP contribution is -2.48. The van der Waals surface area contributed by atoms with E-state index in [-0.39, 0.29) is 35.7 Å². The molecule has 2 aliphatic heterocycles. The zero-order valence-electron chi connectivity index (χ0n) is 21.1. The minimum atomic E-state index is -2.74. The Morgan fingerprint density at radius 1 is 1.22 bits per heavy atom. The number of aromatic nitrogens is 3. The van der Waals surface area contributed by atoms with Crippen molar-refractivity contribution in [3.63, 3.8) is 0 Å². The van der Waals surface area contributed by atoms with Gasteiger partial charge in [-0.1, -0.05) is 30.2 Å². The molecule has 0 unspecified atom stereocenters. The van der Waals surface area contributed by atoms with Crippen LogP contribution in [0.15, 0.2) is 12.1 Å². The summed E-state index contributed by atoms with van der Waals surface area (Å²) in [7, 11) is 1.42. The molecule has 3 heterocycles. The van der Waals surface area contributed by atoms with E-state index in [2.05, 4.69) is 17.2 Å². The minimum absolute atomic E-state index is 0.0462. The Kier molecular flexibility index (Phi) is 7.38. The molecule has 0 spiro atoms. The zero-order valence-corrected chi connectivity index (χ0v) is 21.9. The highest BCUT2D eigenvalue weighted by molar-refractivity contribution is 6.31. The van der Waals surface area contributed by atoms with E-state index in [1.165, 1.54) is 7.05 Å². The number of amides is 2. The second-order valence-electron chi connectivity index (χ2n) is 10.3. The summed E-state index contributed by atoms with van der Waals surface area (Å²) in [6.45, 7) is 3.41. The molecule has 3 atom stereocenters. The lowest BCUT2D eigenvalue weighted by molar-refractivity contribution is -0.141. The van der Waals surface area contributed by atoms with E-state index >= 15 is 0 Å². The standard InChI is InChI=1S/C26H32ClF2N5O3/c1-15-5-3-6-16(15)26(36)34-12-10-17-18(27)8-9-21(23(17)20(34)13-33-11-4-7-22(33)35)37-14-19-24(25(28)29)32(2)31-30-19/h8-9,15-16,20,25H,3-7,10-14H2,1-2H3/t15-,16+,20+/m0/s1. The quantitative estimate of drug-likeness (QED) is 0.522. The van der Waals surface area contributed by atoms with E-state index in [1.54, 1.807) is 17.0 Å². The monoisotopic (exact) mass is 535 g/mol. The molecule has 1 aromatic carbocycles. The van der Waals surface area contributed by atoms with Crippen LogP contribution in [-0.2, 0) is 29.7 Å². The molecule has 1 saturated carbocycles. The van der Waals surface area contributed by atoms with Crippen LogP contribution in [0.3, 0.4) is 0 Å². The fourth-order valence-electron chi connectivity index (χ4n) is 6.11. The molecule has 8 nitrogen and oxygen atoms in total. The van der Waals surface area contributed by atoms with Crippen molar-refractivity contribution in [2.24, 2.45) is 18.9 Å². The maximum absolute atomic E-state index is 13.8. The van der Waals surface area contributed by atoms with Gasteiger partial charge >= 0.3 is 0 Å². The molecule has 200 valence electrons. The number of ether oxygens (including phenoxy) is 1. The van der Waals surface area contributed by atoms with Crippen molar-refractivity contribution in [2.75, 3.05) is 19.6 Å². The van der Waals surface area contributed by atoms with Gasteiger partial charge in [-0.25, -0.2) is 13.5 Å². The summed E-state index contributed by atoms with van der Waals surface area (Å²) in [5.74, 6) is 0.892. The van der Waals surface area contributed by atoms with Crippen molar-refractivity contribution in [1.82, 2.24) is 24.8 Å². The number of carbonyl (C=O) groups excluding carboxylic acids is 2. The molecule has 37 heavy (non-hydrogen) atoms. The normalized spacial score (nSPS) is 23.7. The first-order valence-electron chi connectivity index (χ1n) is 12.9. The maximum atomic E-state index is 13.8. The average molecular weight is 536 g/mol. The first-order chi connectivity index (χ1) is 17.8. The Hall–Kier alpha value is -2.75. The number of hydrogen-bond acceptors (Lipinski definition) is 5. The fraction of sp³-hybridized carbons (Fsp3) is 0.615. The van der Waals surface area contributed by atoms with E-state index in [9.17, 15) is 18.4 Å². The molecule has 1 aliphatic carbocycles. The van der Waals surface area contributed by atoms with Crippen LogP contribution in [0.1, 0.15) is 74.0 Å². The number of rotatable bonds is 7. The SMILES string of the molecule is C[C@H]1CCC[C@H]1C(=O)N1CCc2c(Cl)ccc(OCc3nnn(C)c3C(F)F)c2[C@H]1CN1CCCC1=O. The predicted molar refractivity (Wildman–Crippen MR) is 132 cm³/mol. The molecule has 2 amide bonds. The van der Waals surface area contributed by atoms with Gasteiger partial charge in [-0.05, 0) is 49.3 Å². The number of likely N-dealkylation sites (tertiary alicyclic amines) is 1. The molecule has 11 heteroatoms. The summed E-state index contributed by atoms with van der Waals surface area (Å²) in [4.78, 5) is 30.1. The molecule has 0 radical (unpaired) electrons. The van der Waals surface area contributed by atoms with Crippen molar-refractivity contribution in [3.05, 3.63) is 39.7 Å². The molecule has 0 N–H and O–H groups in total. The third-order valence-corrected chi connectivity index (χ3v) is 8.47. The summed E-state index contributed by atoms with van der Waals surface area (Å²) in [5, 5.41) is 8.14. The van der Waals surface area contributed by atoms with Crippen LogP contribution in [0.25, 0.3) is 0 Å². The van der Waals surface area contributed by atoms with E-state index in [0.29, 0.717) is 49.2 Å². The van der Waals surface area contributed by atoms with Gasteiger partial charge in [-0.2, -0.15) is 0 Å². The van der Waals surface area contributed by atoms with Gasteiger partial charge in [-0.3, -0.25) is 9.59 Å². The molecular weight excluding hydrogens is 504 g/mol. The van der Waals surface area contributed by atoms with Gasteiger partial charge < -0.3 is 14.5 Å². The summed E-state index contributed by atoms with van der Waals surface area (Å²) >= 11 is 6.63. The van der Waals surface area contributed by atoms with Gasteiger partial charge in [0.25, 0.3) is 6.43 Å². The Bertz CT molecular complexity index is 1190. The number of fused-ring (bicyclic) bond motifs is 1. The summed E-state index contributed by atoms with van der Waals surface area (Å²) in [5.41, 5.74) is 1.37. The van der Waals surface area contributed by atoms with E-state index in [4.69, 9.17) is 16.3 Å². The smallest absolute Gasteiger partial charge is 0.282 e. The van der Waals surface area contributed by atoms with Crippen LogP contribution in [0.2, 0.25) is 5.02 Å². The van der Waals surface area contributed by atoms with Crippen molar-refractivity contribution in [3.8, 4) is 5.75 Å². The number of carbonyl (C=O) groups is 2. The second kappa shape index (κ2) is 10.6. The Morgan fingerprint density at radius 2 is 2.03 bits per heavy atom. The Labute approximate surface area is 219 Å². The van der Waals surface area contributed by atoms with Crippen LogP contribution < -0.4 is 4.74 Å². The van der Waals surface area contributed by atoms with Gasteiger partial charge in [0.15, 0.2) is 0 Å². The van der Waals surface area contributed by atoms with Gasteiger partial charge in [0.2, 0.25) is 11.8 Å². The molecule has 3 aliphatic rings. The molecule has 2 aromatic rings. The van der Waals surface area contributed by atoms with Gasteiger partial charge in [0, 0.05) is 49.6 Å². The molecule has 1 aromatic heterocycles. The van der Waals surface area contributed by atoms with Gasteiger partial charge in [0.05, 0.1) is 6.04 Å². The van der Waals surface area contributed by atoms with Crippen LogP contribution in [0.5, 0.6) is 5.75 Å². The lowest BCUT2D eigenvalue weighted by Gasteiger charge is -2.41. The number of alkyl halides is 2. The predicted octanol–water partition coefficient (Wildman–Crippen LogP) is 4.47. The number of nitrogens with zero attached hydrogens (tertiary/aromatic N) is 5. The minimum Gasteiger partial charge on any atom is -0.487 e. The van der Waals surface area contributed by atoms with Crippen LogP contribution >= 0.6 is 11.6 Å². The first kappa shape index (κ1) is 25.9. The summed E-state index contributed by atoms with van der Waals surface area (Å²) in [6, 6.07) is 3.01. The topological polar surface area (TPSA) is 80.6 Å².